The molecule has 2 N–H and O–H groups in total. The zero-order chi connectivity index (χ0) is 63.0. The van der Waals surface area contributed by atoms with Crippen LogP contribution in [0.25, 0.3) is 0 Å². The summed E-state index contributed by atoms with van der Waals surface area (Å²) in [5.41, 5.74) is 1.39. The Bertz CT molecular complexity index is 2990. The van der Waals surface area contributed by atoms with Crippen molar-refractivity contribution in [1.29, 1.82) is 0 Å². The number of allylic oxidation sites excluding steroid dienone is 4. The predicted molar refractivity (Wildman–Crippen MR) is 344 cm³/mol. The lowest BCUT2D eigenvalue weighted by molar-refractivity contribution is -0.206. The number of aromatic nitrogens is 2. The molecule has 11 rings (SSSR count). The molecule has 8 saturated carbocycles. The molecule has 0 aromatic carbocycles. The van der Waals surface area contributed by atoms with Crippen LogP contribution in [-0.4, -0.2) is 56.7 Å². The number of unbranched alkanes of at least 4 members (excludes halogenated alkanes) is 6. The van der Waals surface area contributed by atoms with E-state index in [1.807, 2.05) is 0 Å². The molecule has 8 fully saturated rings. The number of aliphatic hydroxyl groups excluding tert-OH is 2. The van der Waals surface area contributed by atoms with E-state index < -0.39 is 27.9 Å². The SMILES string of the molecule is CC1(C)CC[C@]2(C(=O)OCCCCCCn3cc(F)c(=O)n(CCCCCCOC(=O)[C@]45CCC(C)(C)C[C@H]4C4=CC[C@@H]6[C@@]7(C)CC[C@H](O)C(C)(C)[C@@H]7CC[C@@]6(C)[C@]4(C)CC5)c3=O)CC[C@]3(C)C(=CC[C@@H]4[C@@]5(C)CC[C@H](O)C(C)(C)[C@@H]5CC[C@]43C)[C@@H]2C1. The van der Waals surface area contributed by atoms with Crippen molar-refractivity contribution in [2.75, 3.05) is 13.2 Å². The molecule has 1 aromatic heterocycles. The van der Waals surface area contributed by atoms with Gasteiger partial charge in [0.25, 0.3) is 5.56 Å². The Hall–Kier alpha value is -3.05. The number of ether oxygens (including phenoxy) is 2. The lowest BCUT2D eigenvalue weighted by atomic mass is 9.33. The van der Waals surface area contributed by atoms with Gasteiger partial charge in [0.1, 0.15) is 0 Å². The third-order valence-electron chi connectivity index (χ3n) is 30.3. The Labute approximate surface area is 524 Å². The van der Waals surface area contributed by atoms with E-state index in [0.717, 1.165) is 165 Å². The van der Waals surface area contributed by atoms with Crippen molar-refractivity contribution >= 4 is 11.9 Å². The number of rotatable bonds is 16. The molecule has 0 bridgehead atoms. The Morgan fingerprint density at radius 3 is 1.34 bits per heavy atom. The Morgan fingerprint density at radius 2 is 0.908 bits per heavy atom. The van der Waals surface area contributed by atoms with Gasteiger partial charge in [-0.3, -0.25) is 23.5 Å². The number of aliphatic hydroxyl groups is 2. The fourth-order valence-electron chi connectivity index (χ4n) is 24.3. The third-order valence-corrected chi connectivity index (χ3v) is 30.3. The molecule has 10 aliphatic carbocycles. The molecule has 16 atom stereocenters. The van der Waals surface area contributed by atoms with Gasteiger partial charge in [-0.15, -0.1) is 0 Å². The third kappa shape index (κ3) is 10.2. The molecular formula is C76H119FN2O8. The van der Waals surface area contributed by atoms with E-state index in [-0.39, 0.29) is 96.7 Å². The first-order valence-electron chi connectivity index (χ1n) is 35.8. The highest BCUT2D eigenvalue weighted by Gasteiger charge is 2.72. The maximum atomic E-state index is 15.2. The minimum Gasteiger partial charge on any atom is -0.465 e. The molecule has 1 heterocycles. The molecule has 87 heavy (non-hydrogen) atoms. The number of hydrogen-bond acceptors (Lipinski definition) is 8. The number of hydrogen-bond donors (Lipinski definition) is 2. The quantitative estimate of drug-likeness (QED) is 0.0948. The molecule has 488 valence electrons. The zero-order valence-electron chi connectivity index (χ0n) is 57.1. The number of esters is 2. The van der Waals surface area contributed by atoms with Crippen LogP contribution >= 0.6 is 0 Å². The molecule has 10 nitrogen and oxygen atoms in total. The van der Waals surface area contributed by atoms with Crippen LogP contribution < -0.4 is 11.2 Å². The highest BCUT2D eigenvalue weighted by atomic mass is 19.1. The lowest BCUT2D eigenvalue weighted by Crippen LogP contribution is -2.65. The molecule has 0 spiro atoms. The van der Waals surface area contributed by atoms with Crippen LogP contribution in [0.1, 0.15) is 277 Å². The van der Waals surface area contributed by atoms with Gasteiger partial charge in [0.15, 0.2) is 0 Å². The first-order chi connectivity index (χ1) is 40.6. The second-order valence-corrected chi connectivity index (χ2v) is 36.0. The number of nitrogens with zero attached hydrogens (tertiary/aromatic N) is 2. The van der Waals surface area contributed by atoms with Crippen molar-refractivity contribution in [3.8, 4) is 0 Å². The summed E-state index contributed by atoms with van der Waals surface area (Å²) in [5, 5.41) is 22.4. The molecule has 0 radical (unpaired) electrons. The van der Waals surface area contributed by atoms with E-state index in [0.29, 0.717) is 62.7 Å². The van der Waals surface area contributed by atoms with Crippen molar-refractivity contribution < 1.29 is 33.7 Å². The summed E-state index contributed by atoms with van der Waals surface area (Å²) in [4.78, 5) is 56.0. The van der Waals surface area contributed by atoms with Crippen LogP contribution in [0.2, 0.25) is 0 Å². The second-order valence-electron chi connectivity index (χ2n) is 36.0. The van der Waals surface area contributed by atoms with Crippen molar-refractivity contribution in [3.63, 3.8) is 0 Å². The fraction of sp³-hybridized carbons (Fsp3) is 0.868. The van der Waals surface area contributed by atoms with Crippen LogP contribution in [0.3, 0.4) is 0 Å². The molecule has 0 saturated heterocycles. The van der Waals surface area contributed by atoms with Crippen LogP contribution in [0.4, 0.5) is 4.39 Å². The van der Waals surface area contributed by atoms with Gasteiger partial charge >= 0.3 is 17.6 Å². The van der Waals surface area contributed by atoms with Crippen molar-refractivity contribution in [2.45, 2.75) is 302 Å². The van der Waals surface area contributed by atoms with Gasteiger partial charge < -0.3 is 19.7 Å². The highest BCUT2D eigenvalue weighted by Crippen LogP contribution is 2.78. The Balaban J connectivity index is 0.641. The number of carbonyl (C=O) groups is 2. The molecule has 0 amide bonds. The summed E-state index contributed by atoms with van der Waals surface area (Å²) < 4.78 is 30.2. The lowest BCUT2D eigenvalue weighted by Gasteiger charge is -2.71. The van der Waals surface area contributed by atoms with E-state index in [9.17, 15) is 29.4 Å². The van der Waals surface area contributed by atoms with Crippen LogP contribution in [-0.2, 0) is 32.2 Å². The number of halogens is 1. The fourth-order valence-corrected chi connectivity index (χ4v) is 24.3. The number of carbonyl (C=O) groups excluding carboxylic acids is 2. The topological polar surface area (TPSA) is 137 Å². The highest BCUT2D eigenvalue weighted by molar-refractivity contribution is 5.79. The van der Waals surface area contributed by atoms with Gasteiger partial charge in [-0.05, 0) is 257 Å². The predicted octanol–water partition coefficient (Wildman–Crippen LogP) is 16.7. The standard InChI is InChI=1S/C76H119FN2O8/c1-65(2)35-39-75(41-37-71(11)50(52(75)47-65)23-25-57-69(9)31-29-59(80)67(5,6)55(69)27-33-73(57,71)13)62(83)86-45-21-17-15-19-43-78-49-54(77)61(82)79(64(78)85)44-20-16-18-22-46-87-63(84)76-40-36-66(3,4)48-53(76)51-24-26-58-70(10)32-30-60(81)68(7,8)56(70)28-34-74(58,14)72(51,12)38-42-76/h23-24,49,52-53,55-60,80-81H,15-22,25-48H2,1-14H3/t52-,53-,55-,56-,57+,58+,59-,60-,69-,70-,71+,72+,73+,74+,75-,76-/m0/s1. The van der Waals surface area contributed by atoms with E-state index in [1.165, 1.54) is 22.1 Å². The molecule has 1 aromatic rings. The Kier molecular flexibility index (Phi) is 17.0. The van der Waals surface area contributed by atoms with Gasteiger partial charge in [0, 0.05) is 13.1 Å². The smallest absolute Gasteiger partial charge is 0.331 e. The molecule has 0 aliphatic heterocycles. The first kappa shape index (κ1) is 65.4. The van der Waals surface area contributed by atoms with Gasteiger partial charge in [0.2, 0.25) is 5.82 Å². The van der Waals surface area contributed by atoms with Gasteiger partial charge in [-0.2, -0.15) is 4.39 Å². The summed E-state index contributed by atoms with van der Waals surface area (Å²) in [6, 6.07) is 0. The summed E-state index contributed by atoms with van der Waals surface area (Å²) in [5.74, 6) is 1.46. The summed E-state index contributed by atoms with van der Waals surface area (Å²) in [6.45, 7) is 35.3. The van der Waals surface area contributed by atoms with Crippen molar-refractivity contribution in [2.24, 2.45) is 100 Å². The second kappa shape index (κ2) is 22.6. The van der Waals surface area contributed by atoms with E-state index >= 15 is 4.39 Å². The maximum absolute atomic E-state index is 15.2. The normalized spacial score (nSPS) is 42.8. The van der Waals surface area contributed by atoms with E-state index in [4.69, 9.17) is 9.47 Å². The number of aryl methyl sites for hydroxylation is 1. The van der Waals surface area contributed by atoms with Gasteiger partial charge in [-0.25, -0.2) is 4.79 Å². The maximum Gasteiger partial charge on any atom is 0.331 e. The Morgan fingerprint density at radius 1 is 0.506 bits per heavy atom. The largest absolute Gasteiger partial charge is 0.465 e. The minimum atomic E-state index is -0.922. The molecule has 0 unspecified atom stereocenters. The van der Waals surface area contributed by atoms with Crippen molar-refractivity contribution in [3.05, 3.63) is 56.2 Å². The summed E-state index contributed by atoms with van der Waals surface area (Å²) >= 11 is 0. The summed E-state index contributed by atoms with van der Waals surface area (Å²) in [7, 11) is 0. The van der Waals surface area contributed by atoms with Gasteiger partial charge in [-0.1, -0.05) is 133 Å². The van der Waals surface area contributed by atoms with E-state index in [2.05, 4.69) is 109 Å². The first-order valence-corrected chi connectivity index (χ1v) is 35.8. The minimum absolute atomic E-state index is 0.00593. The van der Waals surface area contributed by atoms with E-state index in [1.54, 1.807) is 0 Å². The average molecular weight is 1210 g/mol. The monoisotopic (exact) mass is 1210 g/mol. The van der Waals surface area contributed by atoms with Crippen LogP contribution in [0, 0.1) is 106 Å². The molecule has 10 aliphatic rings. The molecule has 11 heteroatoms. The number of fused-ring (bicyclic) bond motifs is 14. The van der Waals surface area contributed by atoms with Gasteiger partial charge in [0.05, 0.1) is 42.4 Å². The average Bonchev–Trinajstić information content (AvgIpc) is 0.690. The molecular weight excluding hydrogens is 1090 g/mol. The van der Waals surface area contributed by atoms with Crippen molar-refractivity contribution in [1.82, 2.24) is 9.13 Å². The van der Waals surface area contributed by atoms with Crippen LogP contribution in [0.5, 0.6) is 0 Å². The van der Waals surface area contributed by atoms with Crippen LogP contribution in [0.15, 0.2) is 39.1 Å². The summed E-state index contributed by atoms with van der Waals surface area (Å²) in [6.07, 6.45) is 31.6. The zero-order valence-corrected chi connectivity index (χ0v) is 57.1.